The predicted octanol–water partition coefficient (Wildman–Crippen LogP) is 0.823. The summed E-state index contributed by atoms with van der Waals surface area (Å²) in [4.78, 5) is 11.6. The molecule has 0 aromatic heterocycles. The van der Waals surface area contributed by atoms with Crippen molar-refractivity contribution < 1.29 is 9.53 Å². The molecule has 0 aromatic rings. The molecular weight excluding hydrogens is 204 g/mol. The molecule has 0 fully saturated rings. The summed E-state index contributed by atoms with van der Waals surface area (Å²) < 4.78 is 4.95. The third kappa shape index (κ3) is 4.77. The molecule has 4 heteroatoms. The molecule has 2 unspecified atom stereocenters. The molecule has 1 aliphatic carbocycles. The van der Waals surface area contributed by atoms with Crippen LogP contribution in [0, 0.1) is 5.92 Å². The summed E-state index contributed by atoms with van der Waals surface area (Å²) >= 11 is 0. The SMILES string of the molecule is COCCCCCNC(=O)C1C=CC(N)C1. The summed E-state index contributed by atoms with van der Waals surface area (Å²) in [5.74, 6) is 0.0879. The molecule has 0 radical (unpaired) electrons. The van der Waals surface area contributed by atoms with Crippen LogP contribution in [0.2, 0.25) is 0 Å². The monoisotopic (exact) mass is 226 g/mol. The van der Waals surface area contributed by atoms with Crippen LogP contribution < -0.4 is 11.1 Å². The number of rotatable bonds is 7. The lowest BCUT2D eigenvalue weighted by Crippen LogP contribution is -2.31. The van der Waals surface area contributed by atoms with Crippen molar-refractivity contribution in [3.05, 3.63) is 12.2 Å². The Morgan fingerprint density at radius 2 is 2.25 bits per heavy atom. The van der Waals surface area contributed by atoms with Gasteiger partial charge in [-0.05, 0) is 25.7 Å². The van der Waals surface area contributed by atoms with Gasteiger partial charge in [-0.1, -0.05) is 12.2 Å². The molecule has 0 heterocycles. The van der Waals surface area contributed by atoms with E-state index < -0.39 is 0 Å². The summed E-state index contributed by atoms with van der Waals surface area (Å²) in [5, 5.41) is 2.94. The van der Waals surface area contributed by atoms with Gasteiger partial charge < -0.3 is 15.8 Å². The van der Waals surface area contributed by atoms with Gasteiger partial charge in [0, 0.05) is 26.3 Å². The maximum absolute atomic E-state index is 11.6. The highest BCUT2D eigenvalue weighted by Gasteiger charge is 2.21. The van der Waals surface area contributed by atoms with Gasteiger partial charge in [0.2, 0.25) is 5.91 Å². The fourth-order valence-electron chi connectivity index (χ4n) is 1.81. The fourth-order valence-corrected chi connectivity index (χ4v) is 1.81. The summed E-state index contributed by atoms with van der Waals surface area (Å²) in [7, 11) is 1.71. The van der Waals surface area contributed by atoms with Crippen LogP contribution in [0.3, 0.4) is 0 Å². The van der Waals surface area contributed by atoms with E-state index in [0.717, 1.165) is 38.8 Å². The van der Waals surface area contributed by atoms with E-state index in [9.17, 15) is 4.79 Å². The smallest absolute Gasteiger partial charge is 0.226 e. The minimum Gasteiger partial charge on any atom is -0.385 e. The van der Waals surface area contributed by atoms with Crippen LogP contribution >= 0.6 is 0 Å². The zero-order chi connectivity index (χ0) is 11.8. The maximum Gasteiger partial charge on any atom is 0.226 e. The number of amides is 1. The van der Waals surface area contributed by atoms with Crippen molar-refractivity contribution in [2.75, 3.05) is 20.3 Å². The Morgan fingerprint density at radius 3 is 2.88 bits per heavy atom. The van der Waals surface area contributed by atoms with Crippen LogP contribution in [0.25, 0.3) is 0 Å². The molecule has 0 aliphatic heterocycles. The molecule has 3 N–H and O–H groups in total. The second-order valence-electron chi connectivity index (χ2n) is 4.24. The van der Waals surface area contributed by atoms with Crippen molar-refractivity contribution in [2.24, 2.45) is 11.7 Å². The Bertz CT molecular complexity index is 241. The highest BCUT2D eigenvalue weighted by molar-refractivity contribution is 5.81. The quantitative estimate of drug-likeness (QED) is 0.499. The van der Waals surface area contributed by atoms with Gasteiger partial charge in [-0.2, -0.15) is 0 Å². The van der Waals surface area contributed by atoms with E-state index in [1.54, 1.807) is 7.11 Å². The summed E-state index contributed by atoms with van der Waals surface area (Å²) in [6.07, 6.45) is 7.72. The zero-order valence-electron chi connectivity index (χ0n) is 9.95. The van der Waals surface area contributed by atoms with E-state index in [-0.39, 0.29) is 17.9 Å². The first kappa shape index (κ1) is 13.2. The molecule has 0 bridgehead atoms. The summed E-state index contributed by atoms with van der Waals surface area (Å²) in [6, 6.07) is 0.0532. The van der Waals surface area contributed by atoms with Gasteiger partial charge in [0.1, 0.15) is 0 Å². The number of carbonyl (C=O) groups excluding carboxylic acids is 1. The van der Waals surface area contributed by atoms with E-state index in [4.69, 9.17) is 10.5 Å². The van der Waals surface area contributed by atoms with E-state index in [1.807, 2.05) is 12.2 Å². The van der Waals surface area contributed by atoms with Gasteiger partial charge in [-0.25, -0.2) is 0 Å². The molecule has 92 valence electrons. The number of carbonyl (C=O) groups is 1. The minimum atomic E-state index is -0.0195. The normalized spacial score (nSPS) is 23.6. The van der Waals surface area contributed by atoms with Crippen LogP contribution in [0.5, 0.6) is 0 Å². The molecule has 0 saturated carbocycles. The molecule has 1 aliphatic rings. The standard InChI is InChI=1S/C12H22N2O2/c1-16-8-4-2-3-7-14-12(15)10-5-6-11(13)9-10/h5-6,10-11H,2-4,7-9,13H2,1H3,(H,14,15). The number of hydrogen-bond donors (Lipinski definition) is 2. The highest BCUT2D eigenvalue weighted by Crippen LogP contribution is 2.16. The number of hydrogen-bond acceptors (Lipinski definition) is 3. The van der Waals surface area contributed by atoms with Crippen LogP contribution in [0.15, 0.2) is 12.2 Å². The largest absolute Gasteiger partial charge is 0.385 e. The van der Waals surface area contributed by atoms with Crippen molar-refractivity contribution in [1.29, 1.82) is 0 Å². The Morgan fingerprint density at radius 1 is 1.44 bits per heavy atom. The molecule has 1 amide bonds. The summed E-state index contributed by atoms with van der Waals surface area (Å²) in [6.45, 7) is 1.55. The van der Waals surface area contributed by atoms with Crippen molar-refractivity contribution in [3.8, 4) is 0 Å². The van der Waals surface area contributed by atoms with Gasteiger partial charge in [-0.15, -0.1) is 0 Å². The topological polar surface area (TPSA) is 64.3 Å². The fraction of sp³-hybridized carbons (Fsp3) is 0.750. The average molecular weight is 226 g/mol. The molecular formula is C12H22N2O2. The van der Waals surface area contributed by atoms with Gasteiger partial charge in [-0.3, -0.25) is 4.79 Å². The summed E-state index contributed by atoms with van der Waals surface area (Å²) in [5.41, 5.74) is 5.69. The Kier molecular flexibility index (Phi) is 6.11. The van der Waals surface area contributed by atoms with E-state index in [1.165, 1.54) is 0 Å². The molecule has 0 spiro atoms. The number of nitrogens with one attached hydrogen (secondary N) is 1. The van der Waals surface area contributed by atoms with Crippen molar-refractivity contribution in [1.82, 2.24) is 5.32 Å². The maximum atomic E-state index is 11.6. The van der Waals surface area contributed by atoms with Gasteiger partial charge in [0.05, 0.1) is 5.92 Å². The van der Waals surface area contributed by atoms with Gasteiger partial charge >= 0.3 is 0 Å². The third-order valence-electron chi connectivity index (χ3n) is 2.78. The van der Waals surface area contributed by atoms with E-state index >= 15 is 0 Å². The van der Waals surface area contributed by atoms with E-state index in [2.05, 4.69) is 5.32 Å². The number of methoxy groups -OCH3 is 1. The molecule has 4 nitrogen and oxygen atoms in total. The Hall–Kier alpha value is -0.870. The Labute approximate surface area is 97.2 Å². The molecule has 16 heavy (non-hydrogen) atoms. The first-order valence-corrected chi connectivity index (χ1v) is 5.94. The van der Waals surface area contributed by atoms with Crippen molar-refractivity contribution in [2.45, 2.75) is 31.7 Å². The molecule has 0 saturated heterocycles. The minimum absolute atomic E-state index is 0.0195. The van der Waals surface area contributed by atoms with Crippen molar-refractivity contribution in [3.63, 3.8) is 0 Å². The van der Waals surface area contributed by atoms with Crippen LogP contribution in [-0.2, 0) is 9.53 Å². The number of nitrogens with two attached hydrogens (primary N) is 1. The van der Waals surface area contributed by atoms with Gasteiger partial charge in [0.25, 0.3) is 0 Å². The lowest BCUT2D eigenvalue weighted by molar-refractivity contribution is -0.123. The van der Waals surface area contributed by atoms with E-state index in [0.29, 0.717) is 0 Å². The second-order valence-corrected chi connectivity index (χ2v) is 4.24. The van der Waals surface area contributed by atoms with Crippen LogP contribution in [0.4, 0.5) is 0 Å². The third-order valence-corrected chi connectivity index (χ3v) is 2.78. The molecule has 0 aromatic carbocycles. The highest BCUT2D eigenvalue weighted by atomic mass is 16.5. The lowest BCUT2D eigenvalue weighted by atomic mass is 10.1. The second kappa shape index (κ2) is 7.41. The zero-order valence-corrected chi connectivity index (χ0v) is 9.95. The van der Waals surface area contributed by atoms with Crippen LogP contribution in [0.1, 0.15) is 25.7 Å². The first-order valence-electron chi connectivity index (χ1n) is 5.94. The predicted molar refractivity (Wildman–Crippen MR) is 64.0 cm³/mol. The Balaban J connectivity index is 2.01. The number of ether oxygens (including phenoxy) is 1. The number of unbranched alkanes of at least 4 members (excludes halogenated alkanes) is 2. The molecule has 1 rings (SSSR count). The van der Waals surface area contributed by atoms with Crippen LogP contribution in [-0.4, -0.2) is 32.2 Å². The first-order chi connectivity index (χ1) is 7.74. The lowest BCUT2D eigenvalue weighted by Gasteiger charge is -2.10. The molecule has 2 atom stereocenters. The van der Waals surface area contributed by atoms with Gasteiger partial charge in [0.15, 0.2) is 0 Å². The van der Waals surface area contributed by atoms with Crippen molar-refractivity contribution >= 4 is 5.91 Å². The average Bonchev–Trinajstić information content (AvgIpc) is 2.70.